The van der Waals surface area contributed by atoms with E-state index in [0.29, 0.717) is 5.56 Å². The molecule has 7 nitrogen and oxygen atoms in total. The summed E-state index contributed by atoms with van der Waals surface area (Å²) in [7, 11) is -1.18. The number of halogens is 1. The van der Waals surface area contributed by atoms with Crippen molar-refractivity contribution in [1.82, 2.24) is 14.5 Å². The molecule has 3 aromatic rings. The lowest BCUT2D eigenvalue weighted by atomic mass is 10.1. The van der Waals surface area contributed by atoms with Crippen LogP contribution in [0.3, 0.4) is 0 Å². The van der Waals surface area contributed by atoms with Crippen LogP contribution in [0.4, 0.5) is 4.39 Å². The highest BCUT2D eigenvalue weighted by molar-refractivity contribution is 7.89. The van der Waals surface area contributed by atoms with E-state index in [-0.39, 0.29) is 11.4 Å². The van der Waals surface area contributed by atoms with Crippen molar-refractivity contribution in [2.45, 2.75) is 24.4 Å². The Morgan fingerprint density at radius 3 is 2.27 bits per heavy atom. The molecule has 0 saturated carbocycles. The first kappa shape index (κ1) is 24.3. The van der Waals surface area contributed by atoms with Crippen LogP contribution in [-0.4, -0.2) is 56.1 Å². The molecule has 1 N–H and O–H groups in total. The number of hydrogen-bond acceptors (Lipinski definition) is 4. The molecule has 174 valence electrons. The van der Waals surface area contributed by atoms with E-state index in [4.69, 9.17) is 0 Å². The number of nitrogens with one attached hydrogen (secondary N) is 1. The van der Waals surface area contributed by atoms with E-state index in [9.17, 15) is 22.4 Å². The average molecular weight is 472 g/mol. The van der Waals surface area contributed by atoms with Crippen LogP contribution in [0.15, 0.2) is 71.6 Å². The van der Waals surface area contributed by atoms with E-state index in [2.05, 4.69) is 5.32 Å². The van der Waals surface area contributed by atoms with Gasteiger partial charge in [-0.05, 0) is 47.5 Å². The Balaban J connectivity index is 1.84. The molecule has 0 saturated heterocycles. The number of sulfonamides is 1. The van der Waals surface area contributed by atoms with E-state index >= 15 is 0 Å². The number of fused-ring (bicyclic) bond motifs is 1. The van der Waals surface area contributed by atoms with E-state index in [0.717, 1.165) is 15.1 Å². The maximum atomic E-state index is 13.3. The molecule has 0 bridgehead atoms. The molecule has 1 unspecified atom stereocenters. The molecule has 0 aliphatic heterocycles. The summed E-state index contributed by atoms with van der Waals surface area (Å²) < 4.78 is 40.5. The maximum absolute atomic E-state index is 13.3. The van der Waals surface area contributed by atoms with Crippen molar-refractivity contribution in [3.63, 3.8) is 0 Å². The quantitative estimate of drug-likeness (QED) is 0.547. The fourth-order valence-corrected chi connectivity index (χ4v) is 4.61. The third-order valence-electron chi connectivity index (χ3n) is 5.47. The first-order valence-electron chi connectivity index (χ1n) is 10.3. The highest BCUT2D eigenvalue weighted by Crippen LogP contribution is 2.21. The fraction of sp³-hybridized carbons (Fsp3) is 0.250. The number of benzene rings is 3. The van der Waals surface area contributed by atoms with E-state index < -0.39 is 40.2 Å². The average Bonchev–Trinajstić information content (AvgIpc) is 2.82. The van der Waals surface area contributed by atoms with Gasteiger partial charge in [-0.1, -0.05) is 42.5 Å². The van der Waals surface area contributed by atoms with Crippen molar-refractivity contribution in [2.24, 2.45) is 0 Å². The van der Waals surface area contributed by atoms with Crippen molar-refractivity contribution < 1.29 is 22.4 Å². The zero-order valence-corrected chi connectivity index (χ0v) is 19.5. The summed E-state index contributed by atoms with van der Waals surface area (Å²) in [6.45, 7) is 1.12. The van der Waals surface area contributed by atoms with Crippen LogP contribution in [0.5, 0.6) is 0 Å². The van der Waals surface area contributed by atoms with Gasteiger partial charge in [-0.2, -0.15) is 4.31 Å². The standard InChI is InChI=1S/C24H26FN3O4S/c1-17(24(30)26-2)28(15-18-8-11-21(25)12-9-18)23(29)16-27(3)33(31,32)22-13-10-19-6-4-5-7-20(19)14-22/h4-14,17H,15-16H2,1-3H3,(H,26,30). The fourth-order valence-electron chi connectivity index (χ4n) is 3.45. The van der Waals surface area contributed by atoms with Crippen LogP contribution in [-0.2, 0) is 26.2 Å². The number of nitrogens with zero attached hydrogens (tertiary/aromatic N) is 2. The third kappa shape index (κ3) is 5.55. The molecule has 9 heteroatoms. The van der Waals surface area contributed by atoms with Crippen molar-refractivity contribution in [1.29, 1.82) is 0 Å². The summed E-state index contributed by atoms with van der Waals surface area (Å²) in [6, 6.07) is 16.9. The van der Waals surface area contributed by atoms with Crippen LogP contribution in [0.1, 0.15) is 12.5 Å². The topological polar surface area (TPSA) is 86.8 Å². The van der Waals surface area contributed by atoms with E-state index in [1.54, 1.807) is 19.1 Å². The Hall–Kier alpha value is -3.30. The molecule has 3 rings (SSSR count). The van der Waals surface area contributed by atoms with Crippen molar-refractivity contribution in [3.8, 4) is 0 Å². The number of hydrogen-bond donors (Lipinski definition) is 1. The van der Waals surface area contributed by atoms with Gasteiger partial charge >= 0.3 is 0 Å². The zero-order valence-electron chi connectivity index (χ0n) is 18.7. The van der Waals surface area contributed by atoms with E-state index in [1.165, 1.54) is 49.3 Å². The number of likely N-dealkylation sites (N-methyl/N-ethyl adjacent to an activating group) is 2. The smallest absolute Gasteiger partial charge is 0.243 e. The van der Waals surface area contributed by atoms with Gasteiger partial charge in [0, 0.05) is 20.6 Å². The summed E-state index contributed by atoms with van der Waals surface area (Å²) in [4.78, 5) is 26.7. The minimum atomic E-state index is -3.95. The van der Waals surface area contributed by atoms with Crippen LogP contribution in [0.25, 0.3) is 10.8 Å². The number of carbonyl (C=O) groups is 2. The molecule has 0 radical (unpaired) electrons. The Morgan fingerprint density at radius 2 is 1.64 bits per heavy atom. The Kier molecular flexibility index (Phi) is 7.45. The molecule has 3 aromatic carbocycles. The first-order chi connectivity index (χ1) is 15.6. The minimum absolute atomic E-state index is 0.0254. The summed E-state index contributed by atoms with van der Waals surface area (Å²) in [5.74, 6) is -1.37. The highest BCUT2D eigenvalue weighted by Gasteiger charge is 2.30. The van der Waals surface area contributed by atoms with Gasteiger partial charge in [-0.25, -0.2) is 12.8 Å². The maximum Gasteiger partial charge on any atom is 0.243 e. The SMILES string of the molecule is CNC(=O)C(C)N(Cc1ccc(F)cc1)C(=O)CN(C)S(=O)(=O)c1ccc2ccccc2c1. The normalized spacial score (nSPS) is 12.5. The lowest BCUT2D eigenvalue weighted by Crippen LogP contribution is -2.50. The lowest BCUT2D eigenvalue weighted by molar-refractivity contribution is -0.140. The zero-order chi connectivity index (χ0) is 24.2. The second-order valence-corrected chi connectivity index (χ2v) is 9.75. The molecule has 0 aliphatic rings. The predicted molar refractivity (Wildman–Crippen MR) is 124 cm³/mol. The summed E-state index contributed by atoms with van der Waals surface area (Å²) in [5, 5.41) is 4.17. The molecular weight excluding hydrogens is 445 g/mol. The van der Waals surface area contributed by atoms with Gasteiger partial charge in [0.1, 0.15) is 11.9 Å². The molecule has 33 heavy (non-hydrogen) atoms. The van der Waals surface area contributed by atoms with Crippen molar-refractivity contribution >= 4 is 32.6 Å². The first-order valence-corrected chi connectivity index (χ1v) is 11.8. The Bertz CT molecular complexity index is 1260. The minimum Gasteiger partial charge on any atom is -0.357 e. The number of rotatable bonds is 8. The van der Waals surface area contributed by atoms with Crippen LogP contribution >= 0.6 is 0 Å². The van der Waals surface area contributed by atoms with Crippen molar-refractivity contribution in [2.75, 3.05) is 20.6 Å². The second-order valence-electron chi connectivity index (χ2n) is 7.71. The Morgan fingerprint density at radius 1 is 1.00 bits per heavy atom. The van der Waals surface area contributed by atoms with Crippen molar-refractivity contribution in [3.05, 3.63) is 78.1 Å². The Labute approximate surface area is 192 Å². The monoisotopic (exact) mass is 471 g/mol. The van der Waals surface area contributed by atoms with Gasteiger partial charge in [0.15, 0.2) is 0 Å². The molecule has 1 atom stereocenters. The molecule has 0 heterocycles. The van der Waals surface area contributed by atoms with Gasteiger partial charge in [0.05, 0.1) is 11.4 Å². The van der Waals surface area contributed by atoms with Gasteiger partial charge in [0.25, 0.3) is 0 Å². The highest BCUT2D eigenvalue weighted by atomic mass is 32.2. The molecule has 0 aliphatic carbocycles. The second kappa shape index (κ2) is 10.1. The molecular formula is C24H26FN3O4S. The van der Waals surface area contributed by atoms with Gasteiger partial charge in [0.2, 0.25) is 21.8 Å². The van der Waals surface area contributed by atoms with Crippen LogP contribution in [0, 0.1) is 5.82 Å². The van der Waals surface area contributed by atoms with Crippen LogP contribution < -0.4 is 5.32 Å². The summed E-state index contributed by atoms with van der Waals surface area (Å²) >= 11 is 0. The summed E-state index contributed by atoms with van der Waals surface area (Å²) in [6.07, 6.45) is 0. The lowest BCUT2D eigenvalue weighted by Gasteiger charge is -2.30. The molecule has 0 fully saturated rings. The van der Waals surface area contributed by atoms with Gasteiger partial charge in [-0.15, -0.1) is 0 Å². The van der Waals surface area contributed by atoms with Crippen LogP contribution in [0.2, 0.25) is 0 Å². The predicted octanol–water partition coefficient (Wildman–Crippen LogP) is 2.76. The third-order valence-corrected chi connectivity index (χ3v) is 7.27. The molecule has 2 amide bonds. The molecule has 0 aromatic heterocycles. The number of carbonyl (C=O) groups excluding carboxylic acids is 2. The van der Waals surface area contributed by atoms with E-state index in [1.807, 2.05) is 24.3 Å². The largest absolute Gasteiger partial charge is 0.357 e. The van der Waals surface area contributed by atoms with Gasteiger partial charge < -0.3 is 10.2 Å². The number of amides is 2. The van der Waals surface area contributed by atoms with Gasteiger partial charge in [-0.3, -0.25) is 9.59 Å². The molecule has 0 spiro atoms. The summed E-state index contributed by atoms with van der Waals surface area (Å²) in [5.41, 5.74) is 0.612.